The number of carbonyl (C=O) groups is 3. The molecule has 0 aliphatic carbocycles. The lowest BCUT2D eigenvalue weighted by molar-refractivity contribution is -0.133. The van der Waals surface area contributed by atoms with Crippen LogP contribution in [0.3, 0.4) is 0 Å². The molecule has 2 N–H and O–H groups in total. The van der Waals surface area contributed by atoms with Gasteiger partial charge < -0.3 is 10.2 Å². The van der Waals surface area contributed by atoms with E-state index in [1.54, 1.807) is 24.3 Å². The summed E-state index contributed by atoms with van der Waals surface area (Å²) in [6, 6.07) is 5.70. The predicted octanol–water partition coefficient (Wildman–Crippen LogP) is 1.79. The topological polar surface area (TPSA) is 91.0 Å². The molecule has 27 heavy (non-hydrogen) atoms. The number of ether oxygens (including phenoxy) is 1. The molecule has 2 aliphatic heterocycles. The molecule has 0 saturated carbocycles. The summed E-state index contributed by atoms with van der Waals surface area (Å²) in [5, 5.41) is 4.22. The van der Waals surface area contributed by atoms with Crippen LogP contribution in [0.1, 0.15) is 25.7 Å². The van der Waals surface area contributed by atoms with Crippen LogP contribution in [0.15, 0.2) is 36.5 Å². The first kappa shape index (κ1) is 18.9. The molecule has 1 atom stereocenters. The van der Waals surface area contributed by atoms with E-state index in [2.05, 4.69) is 17.3 Å². The summed E-state index contributed by atoms with van der Waals surface area (Å²) in [6.45, 7) is 5.54. The number of benzene rings is 1. The zero-order chi connectivity index (χ0) is 19.4. The molecule has 0 unspecified atom stereocenters. The minimum Gasteiger partial charge on any atom is -0.497 e. The zero-order valence-electron chi connectivity index (χ0n) is 15.4. The summed E-state index contributed by atoms with van der Waals surface area (Å²) in [6.07, 6.45) is 4.41. The normalized spacial score (nSPS) is 21.4. The third kappa shape index (κ3) is 4.11. The summed E-state index contributed by atoms with van der Waals surface area (Å²) in [5.41, 5.74) is 3.72. The fourth-order valence-corrected chi connectivity index (χ4v) is 3.31. The van der Waals surface area contributed by atoms with Crippen molar-refractivity contribution in [3.8, 4) is 5.75 Å². The van der Waals surface area contributed by atoms with E-state index in [4.69, 9.17) is 4.74 Å². The third-order valence-corrected chi connectivity index (χ3v) is 4.75. The van der Waals surface area contributed by atoms with Gasteiger partial charge in [-0.3, -0.25) is 14.9 Å². The second kappa shape index (κ2) is 8.22. The zero-order valence-corrected chi connectivity index (χ0v) is 15.4. The summed E-state index contributed by atoms with van der Waals surface area (Å²) < 4.78 is 5.09. The van der Waals surface area contributed by atoms with Gasteiger partial charge in [-0.1, -0.05) is 19.4 Å². The minimum absolute atomic E-state index is 0.269. The second-order valence-electron chi connectivity index (χ2n) is 6.64. The summed E-state index contributed by atoms with van der Waals surface area (Å²) in [4.78, 5) is 38.5. The molecule has 0 spiro atoms. The molecule has 0 bridgehead atoms. The quantitative estimate of drug-likeness (QED) is 0.766. The van der Waals surface area contributed by atoms with Crippen molar-refractivity contribution in [2.45, 2.75) is 25.7 Å². The number of amides is 4. The van der Waals surface area contributed by atoms with Crippen molar-refractivity contribution in [2.24, 2.45) is 5.92 Å². The summed E-state index contributed by atoms with van der Waals surface area (Å²) in [5.74, 6) is -1.86. The largest absolute Gasteiger partial charge is 0.497 e. The van der Waals surface area contributed by atoms with Crippen LogP contribution in [0.5, 0.6) is 5.75 Å². The third-order valence-electron chi connectivity index (χ3n) is 4.75. The maximum absolute atomic E-state index is 12.9. The minimum atomic E-state index is -1.17. The molecule has 8 nitrogen and oxygen atoms in total. The number of barbiturate groups is 1. The van der Waals surface area contributed by atoms with Gasteiger partial charge >= 0.3 is 6.03 Å². The van der Waals surface area contributed by atoms with Crippen LogP contribution in [-0.2, 0) is 9.59 Å². The molecule has 3 rings (SSSR count). The standard InChI is InChI=1S/C19H24N4O4/c1-13(21-22-11-5-3-4-6-12-22)16-17(24)20-19(26)23(18(16)25)14-7-9-15(27-2)10-8-14/h7-10,16,21H,1,3-6,11-12H2,2H3,(H,20,24,26)/t16-/m0/s1. The molecule has 2 fully saturated rings. The van der Waals surface area contributed by atoms with Crippen LogP contribution in [0, 0.1) is 5.92 Å². The van der Waals surface area contributed by atoms with Crippen molar-refractivity contribution >= 4 is 23.5 Å². The van der Waals surface area contributed by atoms with Crippen LogP contribution in [0.2, 0.25) is 0 Å². The second-order valence-corrected chi connectivity index (χ2v) is 6.64. The number of hydrogen-bond acceptors (Lipinski definition) is 6. The summed E-state index contributed by atoms with van der Waals surface area (Å²) in [7, 11) is 1.53. The highest BCUT2D eigenvalue weighted by atomic mass is 16.5. The van der Waals surface area contributed by atoms with E-state index in [1.165, 1.54) is 7.11 Å². The lowest BCUT2D eigenvalue weighted by atomic mass is 10.0. The predicted molar refractivity (Wildman–Crippen MR) is 99.8 cm³/mol. The van der Waals surface area contributed by atoms with E-state index in [0.717, 1.165) is 43.7 Å². The van der Waals surface area contributed by atoms with Crippen molar-refractivity contribution < 1.29 is 19.1 Å². The first-order chi connectivity index (χ1) is 13.0. The van der Waals surface area contributed by atoms with Crippen molar-refractivity contribution in [3.05, 3.63) is 36.5 Å². The molecule has 0 radical (unpaired) electrons. The molecule has 2 heterocycles. The van der Waals surface area contributed by atoms with E-state index in [-0.39, 0.29) is 5.70 Å². The van der Waals surface area contributed by atoms with E-state index in [0.29, 0.717) is 11.4 Å². The first-order valence-corrected chi connectivity index (χ1v) is 9.04. The maximum Gasteiger partial charge on any atom is 0.335 e. The number of carbonyl (C=O) groups excluding carboxylic acids is 3. The van der Waals surface area contributed by atoms with Crippen LogP contribution in [-0.4, -0.2) is 43.1 Å². The van der Waals surface area contributed by atoms with Gasteiger partial charge in [0.05, 0.1) is 12.8 Å². The van der Waals surface area contributed by atoms with E-state index in [9.17, 15) is 14.4 Å². The van der Waals surface area contributed by atoms with Crippen LogP contribution < -0.4 is 20.4 Å². The highest BCUT2D eigenvalue weighted by Crippen LogP contribution is 2.25. The number of methoxy groups -OCH3 is 1. The Morgan fingerprint density at radius 1 is 1.11 bits per heavy atom. The molecular weight excluding hydrogens is 348 g/mol. The highest BCUT2D eigenvalue weighted by Gasteiger charge is 2.43. The molecular formula is C19H24N4O4. The van der Waals surface area contributed by atoms with E-state index in [1.807, 2.05) is 5.01 Å². The summed E-state index contributed by atoms with van der Waals surface area (Å²) >= 11 is 0. The van der Waals surface area contributed by atoms with Crippen molar-refractivity contribution in [3.63, 3.8) is 0 Å². The average molecular weight is 372 g/mol. The average Bonchev–Trinajstić information content (AvgIpc) is 2.90. The molecule has 1 aromatic rings. The van der Waals surface area contributed by atoms with Crippen molar-refractivity contribution in [1.29, 1.82) is 0 Å². The Morgan fingerprint density at radius 2 is 1.74 bits per heavy atom. The SMILES string of the molecule is C=C(NN1CCCCCC1)[C@H]1C(=O)NC(=O)N(c2ccc(OC)cc2)C1=O. The Hall–Kier alpha value is -2.87. The number of rotatable bonds is 5. The van der Waals surface area contributed by atoms with Gasteiger partial charge in [0.1, 0.15) is 5.75 Å². The van der Waals surface area contributed by atoms with Crippen LogP contribution in [0.4, 0.5) is 10.5 Å². The molecule has 2 aliphatic rings. The Labute approximate surface area is 158 Å². The van der Waals surface area contributed by atoms with Crippen molar-refractivity contribution in [2.75, 3.05) is 25.1 Å². The van der Waals surface area contributed by atoms with Crippen molar-refractivity contribution in [1.82, 2.24) is 15.8 Å². The van der Waals surface area contributed by atoms with Gasteiger partial charge in [0.25, 0.3) is 5.91 Å². The molecule has 0 aromatic heterocycles. The Morgan fingerprint density at radius 3 is 2.33 bits per heavy atom. The molecule has 2 saturated heterocycles. The fourth-order valence-electron chi connectivity index (χ4n) is 3.31. The van der Waals surface area contributed by atoms with Gasteiger partial charge in [0, 0.05) is 18.8 Å². The lowest BCUT2D eigenvalue weighted by Crippen LogP contribution is -2.60. The van der Waals surface area contributed by atoms with Crippen LogP contribution in [0.25, 0.3) is 0 Å². The van der Waals surface area contributed by atoms with Gasteiger partial charge in [-0.2, -0.15) is 0 Å². The van der Waals surface area contributed by atoms with Gasteiger partial charge in [0.2, 0.25) is 5.91 Å². The first-order valence-electron chi connectivity index (χ1n) is 9.04. The number of urea groups is 1. The number of hydrogen-bond donors (Lipinski definition) is 2. The Kier molecular flexibility index (Phi) is 5.75. The number of hydrazine groups is 1. The van der Waals surface area contributed by atoms with E-state index < -0.39 is 23.8 Å². The molecule has 4 amide bonds. The van der Waals surface area contributed by atoms with E-state index >= 15 is 0 Å². The Bertz CT molecular complexity index is 739. The van der Waals surface area contributed by atoms with Gasteiger partial charge in [-0.25, -0.2) is 14.7 Å². The maximum atomic E-state index is 12.9. The van der Waals surface area contributed by atoms with Crippen LogP contribution >= 0.6 is 0 Å². The number of imide groups is 2. The fraction of sp³-hybridized carbons (Fsp3) is 0.421. The molecule has 8 heteroatoms. The highest BCUT2D eigenvalue weighted by molar-refractivity contribution is 6.28. The Balaban J connectivity index is 1.77. The lowest BCUT2D eigenvalue weighted by Gasteiger charge is -2.33. The smallest absolute Gasteiger partial charge is 0.335 e. The number of nitrogens with zero attached hydrogens (tertiary/aromatic N) is 2. The van der Waals surface area contributed by atoms with Gasteiger partial charge in [-0.15, -0.1) is 0 Å². The van der Waals surface area contributed by atoms with Gasteiger partial charge in [0.15, 0.2) is 5.92 Å². The number of anilines is 1. The van der Waals surface area contributed by atoms with Gasteiger partial charge in [-0.05, 0) is 37.1 Å². The monoisotopic (exact) mass is 372 g/mol. The molecule has 1 aromatic carbocycles. The number of nitrogens with one attached hydrogen (secondary N) is 2. The molecule has 144 valence electrons.